The summed E-state index contributed by atoms with van der Waals surface area (Å²) in [7, 11) is 0. The molecule has 0 saturated carbocycles. The predicted molar refractivity (Wildman–Crippen MR) is 201 cm³/mol. The minimum absolute atomic E-state index is 0.126. The normalized spacial score (nSPS) is 11.0. The number of ether oxygens (including phenoxy) is 2. The minimum Gasteiger partial charge on any atom is -0.423 e. The van der Waals surface area contributed by atoms with Crippen molar-refractivity contribution in [2.24, 2.45) is 0 Å². The maximum Gasteiger partial charge on any atom is 0.343 e. The highest BCUT2D eigenvalue weighted by Gasteiger charge is 2.19. The summed E-state index contributed by atoms with van der Waals surface area (Å²) in [5.41, 5.74) is 3.53. The number of hydrogen-bond donors (Lipinski definition) is 0. The number of esters is 2. The van der Waals surface area contributed by atoms with Crippen LogP contribution in [0.5, 0.6) is 11.5 Å². The predicted octanol–water partition coefficient (Wildman–Crippen LogP) is 12.5. The number of hydrogen-bond acceptors (Lipinski definition) is 5. The average molecular weight is 669 g/mol. The van der Waals surface area contributed by atoms with E-state index in [1.165, 1.54) is 94.2 Å². The van der Waals surface area contributed by atoms with Gasteiger partial charge in [0.2, 0.25) is 0 Å². The van der Waals surface area contributed by atoms with E-state index in [1.54, 1.807) is 36.4 Å². The fourth-order valence-corrected chi connectivity index (χ4v) is 6.06. The Labute approximate surface area is 296 Å². The van der Waals surface area contributed by atoms with Crippen LogP contribution in [0, 0.1) is 0 Å². The minimum atomic E-state index is -0.519. The molecule has 0 saturated heterocycles. The molecule has 3 aromatic rings. The molecular weight excluding hydrogens is 608 g/mol. The average Bonchev–Trinajstić information content (AvgIpc) is 3.12. The Morgan fingerprint density at radius 1 is 0.469 bits per heavy atom. The monoisotopic (exact) mass is 668 g/mol. The van der Waals surface area contributed by atoms with Gasteiger partial charge < -0.3 is 9.47 Å². The molecule has 0 N–H and O–H groups in total. The zero-order chi connectivity index (χ0) is 35.1. The summed E-state index contributed by atoms with van der Waals surface area (Å²) in [4.78, 5) is 39.7. The van der Waals surface area contributed by atoms with Gasteiger partial charge in [-0.2, -0.15) is 0 Å². The molecule has 0 atom stereocenters. The van der Waals surface area contributed by atoms with E-state index in [0.717, 1.165) is 44.9 Å². The van der Waals surface area contributed by atoms with E-state index < -0.39 is 11.9 Å². The molecule has 0 heterocycles. The molecular formula is C44H60O5. The summed E-state index contributed by atoms with van der Waals surface area (Å²) in [5, 5.41) is 0. The van der Waals surface area contributed by atoms with Gasteiger partial charge in [-0.05, 0) is 85.7 Å². The van der Waals surface area contributed by atoms with Gasteiger partial charge in [0, 0.05) is 6.42 Å². The Morgan fingerprint density at radius 3 is 1.39 bits per heavy atom. The van der Waals surface area contributed by atoms with E-state index in [-0.39, 0.29) is 22.8 Å². The van der Waals surface area contributed by atoms with Gasteiger partial charge in [0.15, 0.2) is 5.78 Å². The number of carbonyl (C=O) groups is 3. The van der Waals surface area contributed by atoms with E-state index in [4.69, 9.17) is 9.47 Å². The number of ketones is 1. The molecule has 0 radical (unpaired) electrons. The van der Waals surface area contributed by atoms with Crippen molar-refractivity contribution in [1.82, 2.24) is 0 Å². The van der Waals surface area contributed by atoms with E-state index in [2.05, 4.69) is 20.8 Å². The van der Waals surface area contributed by atoms with Crippen molar-refractivity contribution in [2.75, 3.05) is 0 Å². The van der Waals surface area contributed by atoms with Crippen molar-refractivity contribution in [2.45, 2.75) is 149 Å². The van der Waals surface area contributed by atoms with Crippen molar-refractivity contribution in [3.8, 4) is 11.5 Å². The smallest absolute Gasteiger partial charge is 0.343 e. The van der Waals surface area contributed by atoms with Crippen LogP contribution in [0.25, 0.3) is 0 Å². The van der Waals surface area contributed by atoms with E-state index >= 15 is 0 Å². The first-order valence-electron chi connectivity index (χ1n) is 19.2. The highest BCUT2D eigenvalue weighted by Crippen LogP contribution is 2.28. The van der Waals surface area contributed by atoms with Crippen molar-refractivity contribution >= 4 is 17.7 Å². The maximum atomic E-state index is 13.5. The third-order valence-corrected chi connectivity index (χ3v) is 9.19. The van der Waals surface area contributed by atoms with Crippen LogP contribution in [0.1, 0.15) is 179 Å². The van der Waals surface area contributed by atoms with Gasteiger partial charge >= 0.3 is 11.9 Å². The van der Waals surface area contributed by atoms with Crippen molar-refractivity contribution in [3.05, 3.63) is 94.5 Å². The van der Waals surface area contributed by atoms with Crippen LogP contribution in [-0.2, 0) is 12.8 Å². The number of aryl methyl sites for hydroxylation is 2. The van der Waals surface area contributed by atoms with Gasteiger partial charge in [-0.25, -0.2) is 9.59 Å². The molecule has 3 rings (SSSR count). The van der Waals surface area contributed by atoms with Crippen LogP contribution < -0.4 is 9.47 Å². The molecule has 266 valence electrons. The standard InChI is InChI=1S/C44H60O5/c1-4-7-10-13-14-15-16-17-20-23-41(45)40-34-39(48-43(46)37-28-24-35(25-29-37)21-18-11-8-5-2)32-33-42(40)49-44(47)38-30-26-36(27-31-38)22-19-12-9-6-3/h24-34H,4-23H2,1-3H3. The zero-order valence-electron chi connectivity index (χ0n) is 30.5. The molecule has 0 unspecified atom stereocenters. The van der Waals surface area contributed by atoms with Crippen LogP contribution in [0.3, 0.4) is 0 Å². The summed E-state index contributed by atoms with van der Waals surface area (Å²) in [6.45, 7) is 6.63. The third kappa shape index (κ3) is 15.1. The molecule has 0 spiro atoms. The first kappa shape index (κ1) is 39.7. The fraction of sp³-hybridized carbons (Fsp3) is 0.523. The maximum absolute atomic E-state index is 13.5. The van der Waals surface area contributed by atoms with E-state index in [9.17, 15) is 14.4 Å². The molecule has 0 aliphatic rings. The fourth-order valence-electron chi connectivity index (χ4n) is 6.06. The molecule has 0 fully saturated rings. The number of Topliss-reactive ketones (excluding diaryl/α,β-unsaturated/α-hetero) is 1. The van der Waals surface area contributed by atoms with E-state index in [1.807, 2.05) is 24.3 Å². The van der Waals surface area contributed by atoms with Gasteiger partial charge in [-0.1, -0.05) is 135 Å². The van der Waals surface area contributed by atoms with Crippen LogP contribution in [0.2, 0.25) is 0 Å². The Morgan fingerprint density at radius 2 is 0.898 bits per heavy atom. The molecule has 0 aromatic heterocycles. The number of rotatable bonds is 25. The van der Waals surface area contributed by atoms with Crippen LogP contribution in [0.4, 0.5) is 0 Å². The van der Waals surface area contributed by atoms with Gasteiger partial charge in [0.1, 0.15) is 11.5 Å². The van der Waals surface area contributed by atoms with Crippen LogP contribution in [-0.4, -0.2) is 17.7 Å². The second-order valence-corrected chi connectivity index (χ2v) is 13.5. The van der Waals surface area contributed by atoms with Crippen LogP contribution >= 0.6 is 0 Å². The molecule has 49 heavy (non-hydrogen) atoms. The topological polar surface area (TPSA) is 69.7 Å². The quantitative estimate of drug-likeness (QED) is 0.0389. The third-order valence-electron chi connectivity index (χ3n) is 9.19. The van der Waals surface area contributed by atoms with Gasteiger partial charge in [-0.3, -0.25) is 4.79 Å². The Bertz CT molecular complexity index is 1390. The molecule has 0 bridgehead atoms. The lowest BCUT2D eigenvalue weighted by molar-refractivity contribution is 0.0716. The molecule has 5 nitrogen and oxygen atoms in total. The lowest BCUT2D eigenvalue weighted by atomic mass is 10.0. The lowest BCUT2D eigenvalue weighted by Gasteiger charge is -2.13. The summed E-state index contributed by atoms with van der Waals surface area (Å²) >= 11 is 0. The Hall–Kier alpha value is -3.73. The Balaban J connectivity index is 1.66. The highest BCUT2D eigenvalue weighted by atomic mass is 16.5. The largest absolute Gasteiger partial charge is 0.423 e. The number of carbonyl (C=O) groups excluding carboxylic acids is 3. The number of benzene rings is 3. The SMILES string of the molecule is CCCCCCCCCCCC(=O)c1cc(OC(=O)c2ccc(CCCCCC)cc2)ccc1OC(=O)c1ccc(CCCCCC)cc1. The Kier molecular flexibility index (Phi) is 19.1. The molecule has 0 aliphatic carbocycles. The summed E-state index contributed by atoms with van der Waals surface area (Å²) in [5.74, 6) is -0.708. The summed E-state index contributed by atoms with van der Waals surface area (Å²) in [6, 6.07) is 19.7. The van der Waals surface area contributed by atoms with Crippen molar-refractivity contribution in [3.63, 3.8) is 0 Å². The molecule has 5 heteroatoms. The van der Waals surface area contributed by atoms with Crippen LogP contribution in [0.15, 0.2) is 66.7 Å². The van der Waals surface area contributed by atoms with Crippen molar-refractivity contribution < 1.29 is 23.9 Å². The summed E-state index contributed by atoms with van der Waals surface area (Å²) < 4.78 is 11.5. The second kappa shape index (κ2) is 23.6. The number of unbranched alkanes of at least 4 members (excludes halogenated alkanes) is 14. The molecule has 0 aliphatic heterocycles. The van der Waals surface area contributed by atoms with Gasteiger partial charge in [-0.15, -0.1) is 0 Å². The summed E-state index contributed by atoms with van der Waals surface area (Å²) in [6.07, 6.45) is 22.2. The van der Waals surface area contributed by atoms with Gasteiger partial charge in [0.05, 0.1) is 16.7 Å². The first-order chi connectivity index (χ1) is 23.9. The highest BCUT2D eigenvalue weighted by molar-refractivity contribution is 6.01. The lowest BCUT2D eigenvalue weighted by Crippen LogP contribution is -2.13. The van der Waals surface area contributed by atoms with Crippen molar-refractivity contribution in [1.29, 1.82) is 0 Å². The first-order valence-corrected chi connectivity index (χ1v) is 19.2. The molecule has 3 aromatic carbocycles. The second-order valence-electron chi connectivity index (χ2n) is 13.5. The molecule has 0 amide bonds. The van der Waals surface area contributed by atoms with Gasteiger partial charge in [0.25, 0.3) is 0 Å². The van der Waals surface area contributed by atoms with E-state index in [0.29, 0.717) is 17.5 Å². The zero-order valence-corrected chi connectivity index (χ0v) is 30.5.